The molecule has 2 unspecified atom stereocenters. The predicted octanol–water partition coefficient (Wildman–Crippen LogP) is 2.93. The van der Waals surface area contributed by atoms with Crippen molar-refractivity contribution in [3.05, 3.63) is 58.6 Å². The van der Waals surface area contributed by atoms with E-state index < -0.39 is 29.8 Å². The number of halogens is 2. The number of rotatable bonds is 4. The highest BCUT2D eigenvalue weighted by Crippen LogP contribution is 2.32. The van der Waals surface area contributed by atoms with E-state index in [9.17, 15) is 14.4 Å². The number of fused-ring (bicyclic) bond motifs is 1. The molecule has 8 nitrogen and oxygen atoms in total. The third kappa shape index (κ3) is 3.10. The van der Waals surface area contributed by atoms with E-state index in [4.69, 9.17) is 23.2 Å². The summed E-state index contributed by atoms with van der Waals surface area (Å²) in [6, 6.07) is 11.5. The van der Waals surface area contributed by atoms with Gasteiger partial charge in [-0.15, -0.1) is 0 Å². The first-order valence-corrected chi connectivity index (χ1v) is 9.07. The van der Waals surface area contributed by atoms with E-state index in [1.165, 1.54) is 5.01 Å². The van der Waals surface area contributed by atoms with E-state index in [0.717, 1.165) is 4.90 Å². The molecular formula is C18H13Cl2N5O3. The summed E-state index contributed by atoms with van der Waals surface area (Å²) in [5.41, 5.74) is 0.720. The molecule has 0 radical (unpaired) electrons. The minimum absolute atomic E-state index is 0.267. The molecule has 1 N–H and O–H groups in total. The molecule has 0 aromatic heterocycles. The Bertz CT molecular complexity index is 978. The number of nitrogens with one attached hydrogen (secondary N) is 1. The standard InChI is InChI=1S/C18H13Cl2N5O3/c19-11-7-4-8-12(20)14(11)21-13(26)9-24-16-15(22-23-24)17(27)25(18(16)28)10-5-2-1-3-6-10/h1-8,15-16H,9H2,(H,21,26). The number of benzene rings is 2. The molecule has 10 heteroatoms. The molecule has 0 aliphatic carbocycles. The summed E-state index contributed by atoms with van der Waals surface area (Å²) in [6.45, 7) is -0.284. The SMILES string of the molecule is O=C(CN1N=NC2C(=O)N(c3ccccc3)C(=O)C21)Nc1c(Cl)cccc1Cl. The van der Waals surface area contributed by atoms with Crippen LogP contribution in [0.2, 0.25) is 10.0 Å². The lowest BCUT2D eigenvalue weighted by atomic mass is 10.1. The van der Waals surface area contributed by atoms with Crippen molar-refractivity contribution in [2.24, 2.45) is 10.3 Å². The van der Waals surface area contributed by atoms with Crippen molar-refractivity contribution in [3.63, 3.8) is 0 Å². The highest BCUT2D eigenvalue weighted by Gasteiger charge is 2.55. The van der Waals surface area contributed by atoms with Gasteiger partial charge in [0.2, 0.25) is 5.91 Å². The second kappa shape index (κ2) is 7.21. The van der Waals surface area contributed by atoms with Crippen molar-refractivity contribution in [2.45, 2.75) is 12.1 Å². The average Bonchev–Trinajstić information content (AvgIpc) is 3.19. The normalized spacial score (nSPS) is 20.6. The van der Waals surface area contributed by atoms with Gasteiger partial charge in [0.25, 0.3) is 11.8 Å². The molecule has 2 aliphatic rings. The maximum absolute atomic E-state index is 12.8. The number of amides is 3. The molecule has 1 fully saturated rings. The van der Waals surface area contributed by atoms with Gasteiger partial charge in [-0.1, -0.05) is 52.7 Å². The minimum atomic E-state index is -0.968. The van der Waals surface area contributed by atoms with E-state index in [2.05, 4.69) is 15.7 Å². The Morgan fingerprint density at radius 3 is 2.36 bits per heavy atom. The molecule has 2 atom stereocenters. The Morgan fingerprint density at radius 2 is 1.68 bits per heavy atom. The zero-order valence-corrected chi connectivity index (χ0v) is 15.8. The van der Waals surface area contributed by atoms with Crippen LogP contribution < -0.4 is 10.2 Å². The van der Waals surface area contributed by atoms with Gasteiger partial charge in [0.15, 0.2) is 12.1 Å². The fourth-order valence-electron chi connectivity index (χ4n) is 3.13. The average molecular weight is 418 g/mol. The number of hydrogen-bond donors (Lipinski definition) is 1. The monoisotopic (exact) mass is 417 g/mol. The quantitative estimate of drug-likeness (QED) is 0.773. The van der Waals surface area contributed by atoms with E-state index in [0.29, 0.717) is 5.69 Å². The minimum Gasteiger partial charge on any atom is -0.322 e. The Balaban J connectivity index is 1.50. The highest BCUT2D eigenvalue weighted by molar-refractivity contribution is 6.39. The van der Waals surface area contributed by atoms with Crippen LogP contribution in [0, 0.1) is 0 Å². The zero-order valence-electron chi connectivity index (χ0n) is 14.3. The van der Waals surface area contributed by atoms with Crippen LogP contribution in [0.5, 0.6) is 0 Å². The first-order valence-electron chi connectivity index (χ1n) is 8.31. The second-order valence-corrected chi connectivity index (χ2v) is 7.00. The van der Waals surface area contributed by atoms with Gasteiger partial charge in [-0.3, -0.25) is 19.4 Å². The first kappa shape index (κ1) is 18.4. The maximum atomic E-state index is 12.8. The molecule has 0 spiro atoms. The van der Waals surface area contributed by atoms with Crippen LogP contribution in [0.25, 0.3) is 0 Å². The van der Waals surface area contributed by atoms with Gasteiger partial charge in [-0.2, -0.15) is 5.11 Å². The third-order valence-electron chi connectivity index (χ3n) is 4.41. The molecule has 2 aliphatic heterocycles. The van der Waals surface area contributed by atoms with Gasteiger partial charge in [-0.05, 0) is 24.3 Å². The first-order chi connectivity index (χ1) is 13.5. The van der Waals surface area contributed by atoms with Crippen LogP contribution in [-0.4, -0.2) is 41.4 Å². The lowest BCUT2D eigenvalue weighted by Gasteiger charge is -2.20. The van der Waals surface area contributed by atoms with Gasteiger partial charge >= 0.3 is 0 Å². The predicted molar refractivity (Wildman–Crippen MR) is 103 cm³/mol. The summed E-state index contributed by atoms with van der Waals surface area (Å²) in [5, 5.41) is 12.1. The summed E-state index contributed by atoms with van der Waals surface area (Å²) >= 11 is 12.1. The van der Waals surface area contributed by atoms with E-state index >= 15 is 0 Å². The van der Waals surface area contributed by atoms with Crippen molar-refractivity contribution >= 4 is 52.3 Å². The van der Waals surface area contributed by atoms with Gasteiger partial charge in [0, 0.05) is 0 Å². The van der Waals surface area contributed by atoms with E-state index in [-0.39, 0.29) is 22.3 Å². The second-order valence-electron chi connectivity index (χ2n) is 6.18. The van der Waals surface area contributed by atoms with Crippen molar-refractivity contribution in [1.29, 1.82) is 0 Å². The Hall–Kier alpha value is -2.97. The van der Waals surface area contributed by atoms with Gasteiger partial charge in [-0.25, -0.2) is 4.90 Å². The number of imide groups is 1. The van der Waals surface area contributed by atoms with Crippen molar-refractivity contribution in [1.82, 2.24) is 5.01 Å². The molecule has 2 aromatic carbocycles. The van der Waals surface area contributed by atoms with Crippen LogP contribution in [0.15, 0.2) is 58.9 Å². The number of carbonyl (C=O) groups excluding carboxylic acids is 3. The van der Waals surface area contributed by atoms with Gasteiger partial charge in [0.1, 0.15) is 6.54 Å². The molecule has 0 bridgehead atoms. The Kier molecular flexibility index (Phi) is 4.74. The lowest BCUT2D eigenvalue weighted by Crippen LogP contribution is -2.43. The van der Waals surface area contributed by atoms with Crippen molar-refractivity contribution in [2.75, 3.05) is 16.8 Å². The lowest BCUT2D eigenvalue weighted by molar-refractivity contribution is -0.123. The van der Waals surface area contributed by atoms with Crippen LogP contribution >= 0.6 is 23.2 Å². The van der Waals surface area contributed by atoms with Crippen molar-refractivity contribution < 1.29 is 14.4 Å². The molecular weight excluding hydrogens is 405 g/mol. The van der Waals surface area contributed by atoms with Crippen LogP contribution in [0.1, 0.15) is 0 Å². The van der Waals surface area contributed by atoms with E-state index in [1.54, 1.807) is 48.5 Å². The molecule has 3 amide bonds. The summed E-state index contributed by atoms with van der Waals surface area (Å²) in [6.07, 6.45) is 0. The smallest absolute Gasteiger partial charge is 0.263 e. The maximum Gasteiger partial charge on any atom is 0.263 e. The van der Waals surface area contributed by atoms with Crippen LogP contribution in [0.4, 0.5) is 11.4 Å². The van der Waals surface area contributed by atoms with Crippen LogP contribution in [0.3, 0.4) is 0 Å². The number of hydrogen-bond acceptors (Lipinski definition) is 6. The summed E-state index contributed by atoms with van der Waals surface area (Å²) in [4.78, 5) is 38.9. The van der Waals surface area contributed by atoms with Gasteiger partial charge < -0.3 is 5.32 Å². The molecule has 4 rings (SSSR count). The molecule has 2 aromatic rings. The third-order valence-corrected chi connectivity index (χ3v) is 5.04. The molecule has 28 heavy (non-hydrogen) atoms. The number of carbonyl (C=O) groups is 3. The topological polar surface area (TPSA) is 94.4 Å². The number of para-hydroxylation sites is 2. The Labute approximate surface area is 169 Å². The van der Waals surface area contributed by atoms with E-state index in [1.807, 2.05) is 0 Å². The van der Waals surface area contributed by atoms with Gasteiger partial charge in [0.05, 0.1) is 21.4 Å². The largest absolute Gasteiger partial charge is 0.322 e. The fraction of sp³-hybridized carbons (Fsp3) is 0.167. The van der Waals surface area contributed by atoms with Crippen molar-refractivity contribution in [3.8, 4) is 0 Å². The van der Waals surface area contributed by atoms with Crippen LogP contribution in [-0.2, 0) is 14.4 Å². The summed E-state index contributed by atoms with van der Waals surface area (Å²) in [7, 11) is 0. The fourth-order valence-corrected chi connectivity index (χ4v) is 3.62. The summed E-state index contributed by atoms with van der Waals surface area (Å²) in [5.74, 6) is -1.44. The number of nitrogens with zero attached hydrogens (tertiary/aromatic N) is 4. The molecule has 1 saturated heterocycles. The number of anilines is 2. The molecule has 2 heterocycles. The molecule has 0 saturated carbocycles. The molecule has 142 valence electrons. The zero-order chi connectivity index (χ0) is 19.8. The summed E-state index contributed by atoms with van der Waals surface area (Å²) < 4.78 is 0. The highest BCUT2D eigenvalue weighted by atomic mass is 35.5. The Morgan fingerprint density at radius 1 is 1.00 bits per heavy atom.